The fourth-order valence-electron chi connectivity index (χ4n) is 1.72. The fraction of sp³-hybridized carbons (Fsp3) is 0.231. The van der Waals surface area contributed by atoms with E-state index in [1.807, 2.05) is 6.07 Å². The zero-order valence-electron chi connectivity index (χ0n) is 10.0. The number of hydrogen-bond acceptors (Lipinski definition) is 4. The first-order valence-corrected chi connectivity index (χ1v) is 6.76. The maximum absolute atomic E-state index is 5.96. The largest absolute Gasteiger partial charge is 0.367 e. The van der Waals surface area contributed by atoms with Gasteiger partial charge < -0.3 is 10.6 Å². The summed E-state index contributed by atoms with van der Waals surface area (Å²) in [6, 6.07) is 7.71. The Kier molecular flexibility index (Phi) is 3.44. The number of anilines is 3. The van der Waals surface area contributed by atoms with E-state index in [0.29, 0.717) is 21.9 Å². The van der Waals surface area contributed by atoms with Crippen molar-refractivity contribution in [1.82, 2.24) is 9.97 Å². The number of rotatable bonds is 4. The SMILES string of the molecule is Clc1cc(Cl)cc(Nc2cc(NC3CC3)ncn2)c1. The van der Waals surface area contributed by atoms with Crippen LogP contribution in [-0.4, -0.2) is 16.0 Å². The molecule has 1 aliphatic carbocycles. The summed E-state index contributed by atoms with van der Waals surface area (Å²) in [7, 11) is 0. The Morgan fingerprint density at radius 3 is 2.32 bits per heavy atom. The van der Waals surface area contributed by atoms with E-state index in [1.54, 1.807) is 18.2 Å². The van der Waals surface area contributed by atoms with Gasteiger partial charge in [-0.25, -0.2) is 9.97 Å². The van der Waals surface area contributed by atoms with Crippen LogP contribution in [-0.2, 0) is 0 Å². The van der Waals surface area contributed by atoms with Crippen molar-refractivity contribution in [3.05, 3.63) is 40.6 Å². The second kappa shape index (κ2) is 5.23. The van der Waals surface area contributed by atoms with Gasteiger partial charge in [-0.15, -0.1) is 0 Å². The van der Waals surface area contributed by atoms with E-state index in [2.05, 4.69) is 20.6 Å². The van der Waals surface area contributed by atoms with Gasteiger partial charge in [0.25, 0.3) is 0 Å². The van der Waals surface area contributed by atoms with Gasteiger partial charge in [-0.2, -0.15) is 0 Å². The molecule has 0 atom stereocenters. The van der Waals surface area contributed by atoms with Crippen LogP contribution in [0.15, 0.2) is 30.6 Å². The molecule has 1 aliphatic rings. The van der Waals surface area contributed by atoms with E-state index in [1.165, 1.54) is 19.2 Å². The molecule has 19 heavy (non-hydrogen) atoms. The molecule has 98 valence electrons. The molecule has 6 heteroatoms. The fourth-order valence-corrected chi connectivity index (χ4v) is 2.24. The minimum atomic E-state index is 0.559. The number of nitrogens with zero attached hydrogens (tertiary/aromatic N) is 2. The highest BCUT2D eigenvalue weighted by Gasteiger charge is 2.21. The average Bonchev–Trinajstić information content (AvgIpc) is 3.12. The van der Waals surface area contributed by atoms with E-state index >= 15 is 0 Å². The second-order valence-corrected chi connectivity index (χ2v) is 5.36. The molecule has 1 heterocycles. The molecule has 0 saturated heterocycles. The lowest BCUT2D eigenvalue weighted by molar-refractivity contribution is 1.08. The third-order valence-corrected chi connectivity index (χ3v) is 3.17. The molecule has 1 saturated carbocycles. The van der Waals surface area contributed by atoms with Crippen LogP contribution in [0, 0.1) is 0 Å². The van der Waals surface area contributed by atoms with Crippen molar-refractivity contribution >= 4 is 40.5 Å². The second-order valence-electron chi connectivity index (χ2n) is 4.49. The maximum atomic E-state index is 5.96. The molecule has 0 radical (unpaired) electrons. The maximum Gasteiger partial charge on any atom is 0.135 e. The number of halogens is 2. The van der Waals surface area contributed by atoms with Gasteiger partial charge in [0, 0.05) is 27.8 Å². The smallest absolute Gasteiger partial charge is 0.135 e. The summed E-state index contributed by atoms with van der Waals surface area (Å²) in [5.74, 6) is 1.53. The van der Waals surface area contributed by atoms with E-state index in [-0.39, 0.29) is 0 Å². The van der Waals surface area contributed by atoms with Crippen molar-refractivity contribution in [2.45, 2.75) is 18.9 Å². The Bertz CT molecular complexity index is 579. The highest BCUT2D eigenvalue weighted by atomic mass is 35.5. The molecule has 2 aromatic rings. The quantitative estimate of drug-likeness (QED) is 0.891. The van der Waals surface area contributed by atoms with Crippen LogP contribution in [0.2, 0.25) is 10.0 Å². The highest BCUT2D eigenvalue weighted by Crippen LogP contribution is 2.26. The first-order valence-electron chi connectivity index (χ1n) is 6.01. The van der Waals surface area contributed by atoms with Crippen molar-refractivity contribution in [2.75, 3.05) is 10.6 Å². The first kappa shape index (κ1) is 12.5. The predicted molar refractivity (Wildman–Crippen MR) is 78.4 cm³/mol. The van der Waals surface area contributed by atoms with Gasteiger partial charge in [-0.3, -0.25) is 0 Å². The molecule has 3 rings (SSSR count). The lowest BCUT2D eigenvalue weighted by Gasteiger charge is -2.08. The Balaban J connectivity index is 1.77. The van der Waals surface area contributed by atoms with Crippen LogP contribution in [0.4, 0.5) is 17.3 Å². The van der Waals surface area contributed by atoms with Crippen LogP contribution in [0.3, 0.4) is 0 Å². The van der Waals surface area contributed by atoms with Crippen molar-refractivity contribution in [1.29, 1.82) is 0 Å². The van der Waals surface area contributed by atoms with Gasteiger partial charge in [0.05, 0.1) is 0 Å². The monoisotopic (exact) mass is 294 g/mol. The van der Waals surface area contributed by atoms with Crippen LogP contribution in [0.5, 0.6) is 0 Å². The minimum absolute atomic E-state index is 0.559. The predicted octanol–water partition coefficient (Wildman–Crippen LogP) is 4.10. The summed E-state index contributed by atoms with van der Waals surface area (Å²) in [4.78, 5) is 8.36. The molecule has 1 fully saturated rings. The Labute approximate surface area is 121 Å². The third-order valence-electron chi connectivity index (χ3n) is 2.73. The Morgan fingerprint density at radius 2 is 1.63 bits per heavy atom. The summed E-state index contributed by atoms with van der Waals surface area (Å²) >= 11 is 11.9. The molecule has 4 nitrogen and oxygen atoms in total. The molecule has 1 aromatic heterocycles. The zero-order chi connectivity index (χ0) is 13.2. The summed E-state index contributed by atoms with van der Waals surface area (Å²) in [5, 5.41) is 7.65. The lowest BCUT2D eigenvalue weighted by Crippen LogP contribution is -2.04. The number of benzene rings is 1. The molecule has 1 aromatic carbocycles. The van der Waals surface area contributed by atoms with Crippen LogP contribution in [0.1, 0.15) is 12.8 Å². The van der Waals surface area contributed by atoms with Gasteiger partial charge >= 0.3 is 0 Å². The zero-order valence-corrected chi connectivity index (χ0v) is 11.5. The Morgan fingerprint density at radius 1 is 0.947 bits per heavy atom. The average molecular weight is 295 g/mol. The molecular weight excluding hydrogens is 283 g/mol. The molecule has 0 amide bonds. The minimum Gasteiger partial charge on any atom is -0.367 e. The molecule has 0 bridgehead atoms. The van der Waals surface area contributed by atoms with Gasteiger partial charge in [0.2, 0.25) is 0 Å². The van der Waals surface area contributed by atoms with Crippen molar-refractivity contribution in [3.63, 3.8) is 0 Å². The van der Waals surface area contributed by atoms with E-state index in [4.69, 9.17) is 23.2 Å². The summed E-state index contributed by atoms with van der Waals surface area (Å²) in [6.07, 6.45) is 3.94. The van der Waals surface area contributed by atoms with Crippen molar-refractivity contribution in [3.8, 4) is 0 Å². The van der Waals surface area contributed by atoms with Gasteiger partial charge in [0.1, 0.15) is 18.0 Å². The van der Waals surface area contributed by atoms with E-state index in [0.717, 1.165) is 11.5 Å². The molecule has 0 aliphatic heterocycles. The van der Waals surface area contributed by atoms with Crippen LogP contribution < -0.4 is 10.6 Å². The van der Waals surface area contributed by atoms with Gasteiger partial charge in [-0.05, 0) is 31.0 Å². The molecule has 2 N–H and O–H groups in total. The summed E-state index contributed by atoms with van der Waals surface area (Å²) < 4.78 is 0. The van der Waals surface area contributed by atoms with Crippen molar-refractivity contribution in [2.24, 2.45) is 0 Å². The van der Waals surface area contributed by atoms with Crippen LogP contribution >= 0.6 is 23.2 Å². The number of nitrogens with one attached hydrogen (secondary N) is 2. The standard InChI is InChI=1S/C13H12Cl2N4/c14-8-3-9(15)5-11(4-8)19-13-6-12(16-7-17-13)18-10-1-2-10/h3-7,10H,1-2H2,(H2,16,17,18,19). The molecular formula is C13H12Cl2N4. The molecule has 0 unspecified atom stereocenters. The van der Waals surface area contributed by atoms with Gasteiger partial charge in [-0.1, -0.05) is 23.2 Å². The van der Waals surface area contributed by atoms with Gasteiger partial charge in [0.15, 0.2) is 0 Å². The van der Waals surface area contributed by atoms with E-state index < -0.39 is 0 Å². The van der Waals surface area contributed by atoms with E-state index in [9.17, 15) is 0 Å². The van der Waals surface area contributed by atoms with Crippen molar-refractivity contribution < 1.29 is 0 Å². The first-order chi connectivity index (χ1) is 9.19. The molecule has 0 spiro atoms. The highest BCUT2D eigenvalue weighted by molar-refractivity contribution is 6.35. The third kappa shape index (κ3) is 3.49. The lowest BCUT2D eigenvalue weighted by atomic mass is 10.3. The van der Waals surface area contributed by atoms with Crippen LogP contribution in [0.25, 0.3) is 0 Å². The summed E-state index contributed by atoms with van der Waals surface area (Å²) in [5.41, 5.74) is 0.800. The normalized spacial score (nSPS) is 14.2. The number of hydrogen-bond donors (Lipinski definition) is 2. The summed E-state index contributed by atoms with van der Waals surface area (Å²) in [6.45, 7) is 0. The topological polar surface area (TPSA) is 49.8 Å². The Hall–Kier alpha value is -1.52. The number of aromatic nitrogens is 2.